The number of rotatable bonds is 10. The summed E-state index contributed by atoms with van der Waals surface area (Å²) in [4.78, 5) is 28.2. The van der Waals surface area contributed by atoms with Gasteiger partial charge in [0.15, 0.2) is 0 Å². The second-order valence-corrected chi connectivity index (χ2v) is 7.63. The second kappa shape index (κ2) is 10.7. The standard InChI is InChI=1S/C21H35N7O2/c1-5-25(6-2)10-11-26-12-14-27(15-13-26)20-18(8-9-19(29)30-7-3)17(4)24-21-22-16-23-28(20)21/h16H,5-15H2,1-4H3. The summed E-state index contributed by atoms with van der Waals surface area (Å²) in [6.45, 7) is 16.9. The maximum absolute atomic E-state index is 11.9. The Labute approximate surface area is 179 Å². The maximum atomic E-state index is 11.9. The van der Waals surface area contributed by atoms with Crippen molar-refractivity contribution in [2.45, 2.75) is 40.5 Å². The van der Waals surface area contributed by atoms with Crippen LogP contribution in [0.4, 0.5) is 5.82 Å². The largest absolute Gasteiger partial charge is 0.466 e. The molecule has 3 rings (SSSR count). The van der Waals surface area contributed by atoms with Crippen molar-refractivity contribution < 1.29 is 9.53 Å². The lowest BCUT2D eigenvalue weighted by Crippen LogP contribution is -2.49. The Morgan fingerprint density at radius 2 is 1.90 bits per heavy atom. The molecule has 2 aromatic heterocycles. The van der Waals surface area contributed by atoms with Gasteiger partial charge in [0.2, 0.25) is 0 Å². The molecular formula is C21H35N7O2. The number of nitrogens with zero attached hydrogens (tertiary/aromatic N) is 7. The van der Waals surface area contributed by atoms with Crippen LogP contribution in [0.1, 0.15) is 38.4 Å². The van der Waals surface area contributed by atoms with Gasteiger partial charge in [0, 0.05) is 56.9 Å². The van der Waals surface area contributed by atoms with E-state index in [-0.39, 0.29) is 5.97 Å². The summed E-state index contributed by atoms with van der Waals surface area (Å²) in [6.07, 6.45) is 2.47. The predicted molar refractivity (Wildman–Crippen MR) is 117 cm³/mol. The molecule has 1 saturated heterocycles. The maximum Gasteiger partial charge on any atom is 0.306 e. The van der Waals surface area contributed by atoms with Crippen LogP contribution in [-0.4, -0.2) is 94.3 Å². The summed E-state index contributed by atoms with van der Waals surface area (Å²) >= 11 is 0. The molecule has 0 bridgehead atoms. The van der Waals surface area contributed by atoms with Gasteiger partial charge in [0.25, 0.3) is 5.78 Å². The first-order valence-electron chi connectivity index (χ1n) is 11.1. The Balaban J connectivity index is 1.74. The molecule has 0 amide bonds. The van der Waals surface area contributed by atoms with Crippen LogP contribution in [0.15, 0.2) is 6.33 Å². The lowest BCUT2D eigenvalue weighted by atomic mass is 10.1. The SMILES string of the molecule is CCOC(=O)CCc1c(C)nc2ncnn2c1N1CCN(CCN(CC)CC)CC1. The highest BCUT2D eigenvalue weighted by Gasteiger charge is 2.24. The van der Waals surface area contributed by atoms with Crippen LogP contribution >= 0.6 is 0 Å². The normalized spacial score (nSPS) is 15.3. The van der Waals surface area contributed by atoms with Crippen molar-refractivity contribution in [2.24, 2.45) is 0 Å². The molecule has 1 fully saturated rings. The highest BCUT2D eigenvalue weighted by molar-refractivity contribution is 5.70. The number of esters is 1. The van der Waals surface area contributed by atoms with E-state index in [1.54, 1.807) is 6.33 Å². The fourth-order valence-corrected chi connectivity index (χ4v) is 4.05. The minimum Gasteiger partial charge on any atom is -0.466 e. The molecule has 3 heterocycles. The fraction of sp³-hybridized carbons (Fsp3) is 0.714. The van der Waals surface area contributed by atoms with Crippen LogP contribution in [-0.2, 0) is 16.0 Å². The molecule has 0 aromatic carbocycles. The third-order valence-electron chi connectivity index (χ3n) is 5.89. The summed E-state index contributed by atoms with van der Waals surface area (Å²) in [5.74, 6) is 1.44. The highest BCUT2D eigenvalue weighted by Crippen LogP contribution is 2.26. The molecule has 9 heteroatoms. The van der Waals surface area contributed by atoms with Gasteiger partial charge in [-0.05, 0) is 33.4 Å². The average Bonchev–Trinajstić information content (AvgIpc) is 3.21. The van der Waals surface area contributed by atoms with E-state index in [0.717, 1.165) is 69.4 Å². The molecule has 2 aromatic rings. The molecule has 1 aliphatic heterocycles. The van der Waals surface area contributed by atoms with Crippen molar-refractivity contribution in [1.82, 2.24) is 29.4 Å². The van der Waals surface area contributed by atoms with Gasteiger partial charge in [-0.25, -0.2) is 4.98 Å². The monoisotopic (exact) mass is 417 g/mol. The van der Waals surface area contributed by atoms with Gasteiger partial charge in [-0.3, -0.25) is 9.69 Å². The zero-order chi connectivity index (χ0) is 21.5. The van der Waals surface area contributed by atoms with E-state index in [2.05, 4.69) is 43.6 Å². The van der Waals surface area contributed by atoms with Crippen LogP contribution in [0.3, 0.4) is 0 Å². The molecular weight excluding hydrogens is 382 g/mol. The number of aromatic nitrogens is 4. The molecule has 9 nitrogen and oxygen atoms in total. The number of hydrogen-bond donors (Lipinski definition) is 0. The van der Waals surface area contributed by atoms with Crippen molar-refractivity contribution in [3.8, 4) is 0 Å². The zero-order valence-corrected chi connectivity index (χ0v) is 18.8. The summed E-state index contributed by atoms with van der Waals surface area (Å²) in [5, 5.41) is 4.42. The van der Waals surface area contributed by atoms with E-state index in [1.165, 1.54) is 0 Å². The quantitative estimate of drug-likeness (QED) is 0.537. The minimum atomic E-state index is -0.178. The molecule has 1 aliphatic rings. The van der Waals surface area contributed by atoms with E-state index < -0.39 is 0 Å². The first-order chi connectivity index (χ1) is 14.6. The first-order valence-corrected chi connectivity index (χ1v) is 11.1. The minimum absolute atomic E-state index is 0.178. The van der Waals surface area contributed by atoms with Gasteiger partial charge < -0.3 is 14.5 Å². The average molecular weight is 418 g/mol. The van der Waals surface area contributed by atoms with Crippen molar-refractivity contribution >= 4 is 17.6 Å². The molecule has 30 heavy (non-hydrogen) atoms. The third kappa shape index (κ3) is 5.26. The Bertz CT molecular complexity index is 826. The number of piperazine rings is 1. The smallest absolute Gasteiger partial charge is 0.306 e. The molecule has 0 unspecified atom stereocenters. The number of fused-ring (bicyclic) bond motifs is 1. The molecule has 0 saturated carbocycles. The molecule has 0 N–H and O–H groups in total. The first kappa shape index (κ1) is 22.4. The molecule has 0 spiro atoms. The number of ether oxygens (including phenoxy) is 1. The van der Waals surface area contributed by atoms with Gasteiger partial charge in [-0.15, -0.1) is 0 Å². The third-order valence-corrected chi connectivity index (χ3v) is 5.89. The van der Waals surface area contributed by atoms with Crippen LogP contribution in [0.5, 0.6) is 0 Å². The van der Waals surface area contributed by atoms with Crippen molar-refractivity contribution in [3.63, 3.8) is 0 Å². The van der Waals surface area contributed by atoms with Crippen molar-refractivity contribution in [1.29, 1.82) is 0 Å². The van der Waals surface area contributed by atoms with Gasteiger partial charge in [-0.2, -0.15) is 14.6 Å². The summed E-state index contributed by atoms with van der Waals surface area (Å²) in [5.41, 5.74) is 1.96. The lowest BCUT2D eigenvalue weighted by Gasteiger charge is -2.37. The summed E-state index contributed by atoms with van der Waals surface area (Å²) < 4.78 is 6.94. The number of anilines is 1. The van der Waals surface area contributed by atoms with Crippen LogP contribution in [0, 0.1) is 6.92 Å². The molecule has 0 atom stereocenters. The number of carbonyl (C=O) groups excluding carboxylic acids is 1. The molecule has 166 valence electrons. The number of aryl methyl sites for hydroxylation is 1. The van der Waals surface area contributed by atoms with Gasteiger partial charge >= 0.3 is 5.97 Å². The van der Waals surface area contributed by atoms with Crippen molar-refractivity contribution in [2.75, 3.05) is 63.9 Å². The topological polar surface area (TPSA) is 79.1 Å². The van der Waals surface area contributed by atoms with E-state index in [9.17, 15) is 4.79 Å². The van der Waals surface area contributed by atoms with Crippen LogP contribution in [0.25, 0.3) is 5.78 Å². The lowest BCUT2D eigenvalue weighted by molar-refractivity contribution is -0.143. The van der Waals surface area contributed by atoms with Gasteiger partial charge in [0.1, 0.15) is 12.1 Å². The number of carbonyl (C=O) groups is 1. The summed E-state index contributed by atoms with van der Waals surface area (Å²) in [6, 6.07) is 0. The molecule has 0 radical (unpaired) electrons. The second-order valence-electron chi connectivity index (χ2n) is 7.63. The van der Waals surface area contributed by atoms with Gasteiger partial charge in [-0.1, -0.05) is 13.8 Å². The predicted octanol–water partition coefficient (Wildman–Crippen LogP) is 1.39. The van der Waals surface area contributed by atoms with E-state index in [4.69, 9.17) is 4.74 Å². The van der Waals surface area contributed by atoms with Gasteiger partial charge in [0.05, 0.1) is 6.61 Å². The van der Waals surface area contributed by atoms with Crippen molar-refractivity contribution in [3.05, 3.63) is 17.6 Å². The Kier molecular flexibility index (Phi) is 7.98. The number of hydrogen-bond acceptors (Lipinski definition) is 8. The molecule has 0 aliphatic carbocycles. The van der Waals surface area contributed by atoms with Crippen LogP contribution < -0.4 is 4.90 Å². The van der Waals surface area contributed by atoms with Crippen LogP contribution in [0.2, 0.25) is 0 Å². The Morgan fingerprint density at radius 3 is 2.57 bits per heavy atom. The zero-order valence-electron chi connectivity index (χ0n) is 18.8. The Morgan fingerprint density at radius 1 is 1.17 bits per heavy atom. The summed E-state index contributed by atoms with van der Waals surface area (Å²) in [7, 11) is 0. The van der Waals surface area contributed by atoms with E-state index in [0.29, 0.717) is 25.2 Å². The Hall–Kier alpha value is -2.26. The number of likely N-dealkylation sites (N-methyl/N-ethyl adjacent to an activating group) is 1. The van der Waals surface area contributed by atoms with E-state index in [1.807, 2.05) is 18.4 Å². The highest BCUT2D eigenvalue weighted by atomic mass is 16.5. The van der Waals surface area contributed by atoms with E-state index >= 15 is 0 Å². The fourth-order valence-electron chi connectivity index (χ4n) is 4.05.